The minimum Gasteiger partial charge on any atom is -0.348 e. The lowest BCUT2D eigenvalue weighted by Crippen LogP contribution is -2.35. The molecule has 2 N–H and O–H groups in total. The van der Waals surface area contributed by atoms with Gasteiger partial charge >= 0.3 is 11.8 Å². The fraction of sp³-hybridized carbons (Fsp3) is 0.556. The van der Waals surface area contributed by atoms with Crippen molar-refractivity contribution < 1.29 is 9.59 Å². The van der Waals surface area contributed by atoms with E-state index in [1.54, 1.807) is 18.2 Å². The Morgan fingerprint density at radius 2 is 1.65 bits per heavy atom. The number of amides is 2. The van der Waals surface area contributed by atoms with Crippen LogP contribution in [0.25, 0.3) is 0 Å². The van der Waals surface area contributed by atoms with Gasteiger partial charge in [0.05, 0.1) is 0 Å². The third kappa shape index (κ3) is 8.03. The Kier molecular flexibility index (Phi) is 9.37. The third-order valence-corrected chi connectivity index (χ3v) is 4.11. The van der Waals surface area contributed by atoms with Gasteiger partial charge in [-0.15, -0.1) is 0 Å². The second-order valence-corrected chi connectivity index (χ2v) is 6.20. The summed E-state index contributed by atoms with van der Waals surface area (Å²) in [6.07, 6.45) is 8.24. The molecule has 5 heteroatoms. The number of aryl methyl sites for hydroxylation is 1. The number of anilines is 1. The summed E-state index contributed by atoms with van der Waals surface area (Å²) < 4.78 is 0. The summed E-state index contributed by atoms with van der Waals surface area (Å²) in [6.45, 7) is 4.61. The Bertz CT molecular complexity index is 518. The molecule has 0 saturated carbocycles. The van der Waals surface area contributed by atoms with E-state index in [1.165, 1.54) is 32.1 Å². The van der Waals surface area contributed by atoms with Crippen LogP contribution in [0.3, 0.4) is 0 Å². The van der Waals surface area contributed by atoms with Gasteiger partial charge < -0.3 is 10.6 Å². The van der Waals surface area contributed by atoms with Gasteiger partial charge in [0, 0.05) is 17.3 Å². The van der Waals surface area contributed by atoms with Gasteiger partial charge in [0.25, 0.3) is 0 Å². The summed E-state index contributed by atoms with van der Waals surface area (Å²) in [5.41, 5.74) is 1.45. The number of hydrogen-bond acceptors (Lipinski definition) is 2. The predicted octanol–water partition coefficient (Wildman–Crippen LogP) is 4.45. The first-order valence-electron chi connectivity index (χ1n) is 8.40. The number of nitrogens with one attached hydrogen (secondary N) is 2. The molecule has 0 fully saturated rings. The van der Waals surface area contributed by atoms with Crippen LogP contribution in [-0.2, 0) is 9.59 Å². The van der Waals surface area contributed by atoms with E-state index in [4.69, 9.17) is 11.6 Å². The molecule has 0 spiro atoms. The molecule has 23 heavy (non-hydrogen) atoms. The zero-order valence-electron chi connectivity index (χ0n) is 14.1. The van der Waals surface area contributed by atoms with Crippen molar-refractivity contribution in [3.05, 3.63) is 28.8 Å². The van der Waals surface area contributed by atoms with Gasteiger partial charge in [-0.1, -0.05) is 63.1 Å². The van der Waals surface area contributed by atoms with Gasteiger partial charge in [-0.25, -0.2) is 0 Å². The van der Waals surface area contributed by atoms with Crippen molar-refractivity contribution in [1.82, 2.24) is 5.32 Å². The van der Waals surface area contributed by atoms with E-state index in [-0.39, 0.29) is 0 Å². The number of carbonyl (C=O) groups excluding carboxylic acids is 2. The maximum Gasteiger partial charge on any atom is 0.313 e. The largest absolute Gasteiger partial charge is 0.348 e. The summed E-state index contributed by atoms with van der Waals surface area (Å²) in [7, 11) is 0. The van der Waals surface area contributed by atoms with Gasteiger partial charge in [-0.05, 0) is 31.0 Å². The smallest absolute Gasteiger partial charge is 0.313 e. The van der Waals surface area contributed by atoms with E-state index in [2.05, 4.69) is 17.6 Å². The van der Waals surface area contributed by atoms with Crippen LogP contribution in [0.15, 0.2) is 18.2 Å². The van der Waals surface area contributed by atoms with Gasteiger partial charge in [-0.2, -0.15) is 0 Å². The highest BCUT2D eigenvalue weighted by Gasteiger charge is 2.13. The van der Waals surface area contributed by atoms with E-state index < -0.39 is 11.8 Å². The highest BCUT2D eigenvalue weighted by Crippen LogP contribution is 2.19. The van der Waals surface area contributed by atoms with Crippen LogP contribution in [-0.4, -0.2) is 18.4 Å². The highest BCUT2D eigenvalue weighted by molar-refractivity contribution is 6.39. The van der Waals surface area contributed by atoms with Crippen molar-refractivity contribution in [3.8, 4) is 0 Å². The van der Waals surface area contributed by atoms with E-state index in [0.29, 0.717) is 17.3 Å². The topological polar surface area (TPSA) is 58.2 Å². The quantitative estimate of drug-likeness (QED) is 0.516. The second-order valence-electron chi connectivity index (χ2n) is 5.80. The second kappa shape index (κ2) is 11.1. The van der Waals surface area contributed by atoms with Crippen molar-refractivity contribution in [2.24, 2.45) is 0 Å². The zero-order valence-corrected chi connectivity index (χ0v) is 14.8. The molecule has 4 nitrogen and oxygen atoms in total. The first kappa shape index (κ1) is 19.5. The van der Waals surface area contributed by atoms with Crippen molar-refractivity contribution >= 4 is 29.1 Å². The van der Waals surface area contributed by atoms with Crippen molar-refractivity contribution in [2.75, 3.05) is 11.9 Å². The fourth-order valence-electron chi connectivity index (χ4n) is 2.22. The normalized spacial score (nSPS) is 10.4. The summed E-state index contributed by atoms with van der Waals surface area (Å²) in [5, 5.41) is 5.76. The molecule has 1 rings (SSSR count). The Morgan fingerprint density at radius 3 is 2.30 bits per heavy atom. The van der Waals surface area contributed by atoms with Crippen LogP contribution in [0.4, 0.5) is 5.69 Å². The molecule has 128 valence electrons. The molecule has 0 heterocycles. The van der Waals surface area contributed by atoms with Gasteiger partial charge in [0.15, 0.2) is 0 Å². The average Bonchev–Trinajstić information content (AvgIpc) is 2.53. The van der Waals surface area contributed by atoms with Crippen LogP contribution >= 0.6 is 11.6 Å². The molecule has 0 aliphatic rings. The molecule has 0 aliphatic carbocycles. The average molecular weight is 339 g/mol. The third-order valence-electron chi connectivity index (χ3n) is 3.70. The number of carbonyl (C=O) groups is 2. The Balaban J connectivity index is 2.19. The molecule has 0 unspecified atom stereocenters. The van der Waals surface area contributed by atoms with Crippen molar-refractivity contribution in [3.63, 3.8) is 0 Å². The molecule has 2 amide bonds. The van der Waals surface area contributed by atoms with E-state index >= 15 is 0 Å². The first-order valence-corrected chi connectivity index (χ1v) is 8.77. The Hall–Kier alpha value is -1.55. The SMILES string of the molecule is CCCCCCCCCNC(=O)C(=O)Nc1ccc(C)c(Cl)c1. The predicted molar refractivity (Wildman–Crippen MR) is 95.8 cm³/mol. The molecule has 0 aliphatic heterocycles. The number of halogens is 1. The van der Waals surface area contributed by atoms with E-state index in [1.807, 2.05) is 6.92 Å². The molecule has 0 aromatic heterocycles. The van der Waals surface area contributed by atoms with E-state index in [0.717, 1.165) is 18.4 Å². The number of unbranched alkanes of at least 4 members (excludes halogenated alkanes) is 6. The van der Waals surface area contributed by atoms with Crippen molar-refractivity contribution in [2.45, 2.75) is 58.8 Å². The number of hydrogen-bond donors (Lipinski definition) is 2. The minimum absolute atomic E-state index is 0.525. The standard InChI is InChI=1S/C18H27ClN2O2/c1-3-4-5-6-7-8-9-12-20-17(22)18(23)21-15-11-10-14(2)16(19)13-15/h10-11,13H,3-9,12H2,1-2H3,(H,20,22)(H,21,23). The van der Waals surface area contributed by atoms with Gasteiger partial charge in [0.1, 0.15) is 0 Å². The molecule has 1 aromatic rings. The molecule has 0 radical (unpaired) electrons. The van der Waals surface area contributed by atoms with Crippen LogP contribution in [0.5, 0.6) is 0 Å². The Morgan fingerprint density at radius 1 is 1.00 bits per heavy atom. The van der Waals surface area contributed by atoms with Crippen LogP contribution < -0.4 is 10.6 Å². The van der Waals surface area contributed by atoms with E-state index in [9.17, 15) is 9.59 Å². The van der Waals surface area contributed by atoms with Crippen LogP contribution in [0.1, 0.15) is 57.4 Å². The molecule has 0 bridgehead atoms. The maximum absolute atomic E-state index is 11.8. The van der Waals surface area contributed by atoms with Crippen molar-refractivity contribution in [1.29, 1.82) is 0 Å². The van der Waals surface area contributed by atoms with Crippen LogP contribution in [0.2, 0.25) is 5.02 Å². The maximum atomic E-state index is 11.8. The molecular weight excluding hydrogens is 312 g/mol. The molecule has 0 atom stereocenters. The lowest BCUT2D eigenvalue weighted by molar-refractivity contribution is -0.136. The number of rotatable bonds is 9. The highest BCUT2D eigenvalue weighted by atomic mass is 35.5. The summed E-state index contributed by atoms with van der Waals surface area (Å²) in [4.78, 5) is 23.5. The first-order chi connectivity index (χ1) is 11.0. The Labute approximate surface area is 144 Å². The molecule has 0 saturated heterocycles. The lowest BCUT2D eigenvalue weighted by atomic mass is 10.1. The summed E-state index contributed by atoms with van der Waals surface area (Å²) in [6, 6.07) is 5.16. The van der Waals surface area contributed by atoms with Gasteiger partial charge in [-0.3, -0.25) is 9.59 Å². The number of benzene rings is 1. The lowest BCUT2D eigenvalue weighted by Gasteiger charge is -2.07. The molecular formula is C18H27ClN2O2. The van der Waals surface area contributed by atoms with Crippen LogP contribution in [0, 0.1) is 6.92 Å². The fourth-order valence-corrected chi connectivity index (χ4v) is 2.40. The monoisotopic (exact) mass is 338 g/mol. The van der Waals surface area contributed by atoms with Gasteiger partial charge in [0.2, 0.25) is 0 Å². The zero-order chi connectivity index (χ0) is 17.1. The minimum atomic E-state index is -0.659. The molecule has 1 aromatic carbocycles. The summed E-state index contributed by atoms with van der Waals surface area (Å²) in [5.74, 6) is -1.26. The summed E-state index contributed by atoms with van der Waals surface area (Å²) >= 11 is 5.99.